The summed E-state index contributed by atoms with van der Waals surface area (Å²) in [7, 11) is 0. The van der Waals surface area contributed by atoms with E-state index >= 15 is 0 Å². The minimum absolute atomic E-state index is 0.153. The van der Waals surface area contributed by atoms with Crippen LogP contribution in [0.5, 0.6) is 11.5 Å². The van der Waals surface area contributed by atoms with Gasteiger partial charge in [-0.25, -0.2) is 8.78 Å². The normalized spacial score (nSPS) is 11.1. The lowest BCUT2D eigenvalue weighted by Gasteiger charge is -2.13. The quantitative estimate of drug-likeness (QED) is 0.377. The van der Waals surface area contributed by atoms with Crippen LogP contribution < -0.4 is 0 Å². The summed E-state index contributed by atoms with van der Waals surface area (Å²) < 4.78 is 29.0. The predicted molar refractivity (Wildman–Crippen MR) is 106 cm³/mol. The smallest absolute Gasteiger partial charge is 0.131 e. The molecule has 2 nitrogen and oxygen atoms in total. The van der Waals surface area contributed by atoms with Crippen molar-refractivity contribution in [1.29, 1.82) is 0 Å². The Labute approximate surface area is 162 Å². The third-order valence-electron chi connectivity index (χ3n) is 4.49. The van der Waals surface area contributed by atoms with Gasteiger partial charge in [-0.05, 0) is 47.9 Å². The molecule has 0 aromatic heterocycles. The number of aromatic hydroxyl groups is 2. The SMILES string of the molecule is Oc1cc2c(O)c(-c3cc(Br)ccc3F)ccc2cc1-c1ccccc1F. The van der Waals surface area contributed by atoms with Crippen LogP contribution in [0.15, 0.2) is 71.2 Å². The van der Waals surface area contributed by atoms with E-state index in [0.717, 1.165) is 0 Å². The molecular formula is C22H13BrF2O2. The Morgan fingerprint density at radius 1 is 0.667 bits per heavy atom. The van der Waals surface area contributed by atoms with Crippen LogP contribution >= 0.6 is 15.9 Å². The fraction of sp³-hybridized carbons (Fsp3) is 0. The maximum Gasteiger partial charge on any atom is 0.131 e. The highest BCUT2D eigenvalue weighted by molar-refractivity contribution is 9.10. The maximum atomic E-state index is 14.2. The average molecular weight is 427 g/mol. The number of hydrogen-bond donors (Lipinski definition) is 2. The molecule has 4 aromatic rings. The van der Waals surface area contributed by atoms with Crippen molar-refractivity contribution in [2.24, 2.45) is 0 Å². The second-order valence-electron chi connectivity index (χ2n) is 6.16. The van der Waals surface area contributed by atoms with Crippen LogP contribution in [-0.4, -0.2) is 10.2 Å². The molecule has 4 rings (SSSR count). The summed E-state index contributed by atoms with van der Waals surface area (Å²) in [5, 5.41) is 22.1. The molecule has 0 saturated carbocycles. The number of benzene rings is 4. The van der Waals surface area contributed by atoms with Gasteiger partial charge in [0.25, 0.3) is 0 Å². The molecule has 0 unspecified atom stereocenters. The average Bonchev–Trinajstić information content (AvgIpc) is 2.65. The highest BCUT2D eigenvalue weighted by Gasteiger charge is 2.16. The lowest BCUT2D eigenvalue weighted by molar-refractivity contribution is 0.473. The van der Waals surface area contributed by atoms with E-state index in [-0.39, 0.29) is 22.6 Å². The zero-order chi connectivity index (χ0) is 19.1. The summed E-state index contributed by atoms with van der Waals surface area (Å²) in [5.41, 5.74) is 1.13. The van der Waals surface area contributed by atoms with Gasteiger partial charge in [0.05, 0.1) is 0 Å². The molecule has 0 fully saturated rings. The Bertz CT molecular complexity index is 1190. The van der Waals surface area contributed by atoms with Gasteiger partial charge in [0.1, 0.15) is 23.1 Å². The molecule has 0 aliphatic heterocycles. The monoisotopic (exact) mass is 426 g/mol. The van der Waals surface area contributed by atoms with Crippen molar-refractivity contribution in [3.63, 3.8) is 0 Å². The van der Waals surface area contributed by atoms with Crippen molar-refractivity contribution in [3.05, 3.63) is 82.8 Å². The standard InChI is InChI=1S/C22H13BrF2O2/c23-13-6-8-20(25)17(10-13)15-7-5-12-9-18(14-3-1-2-4-19(14)24)21(26)11-16(12)22(15)27/h1-11,26-27H. The third-order valence-corrected chi connectivity index (χ3v) is 4.98. The highest BCUT2D eigenvalue weighted by atomic mass is 79.9. The molecule has 0 bridgehead atoms. The number of phenols is 2. The predicted octanol–water partition coefficient (Wildman–Crippen LogP) is 6.63. The number of halogens is 3. The van der Waals surface area contributed by atoms with Gasteiger partial charge in [0, 0.05) is 32.1 Å². The van der Waals surface area contributed by atoms with E-state index in [9.17, 15) is 19.0 Å². The molecule has 0 aliphatic carbocycles. The second-order valence-corrected chi connectivity index (χ2v) is 7.07. The molecule has 0 heterocycles. The van der Waals surface area contributed by atoms with E-state index in [1.165, 1.54) is 18.2 Å². The lowest BCUT2D eigenvalue weighted by Crippen LogP contribution is -1.89. The van der Waals surface area contributed by atoms with E-state index in [1.54, 1.807) is 48.5 Å². The van der Waals surface area contributed by atoms with Crippen LogP contribution in [0.25, 0.3) is 33.0 Å². The molecule has 0 radical (unpaired) electrons. The van der Waals surface area contributed by atoms with Gasteiger partial charge in [-0.15, -0.1) is 0 Å². The van der Waals surface area contributed by atoms with E-state index in [4.69, 9.17) is 0 Å². The number of phenolic OH excluding ortho intramolecular Hbond substituents is 2. The molecule has 0 amide bonds. The zero-order valence-electron chi connectivity index (χ0n) is 13.9. The van der Waals surface area contributed by atoms with Gasteiger partial charge in [-0.1, -0.05) is 40.2 Å². The summed E-state index contributed by atoms with van der Waals surface area (Å²) >= 11 is 3.30. The van der Waals surface area contributed by atoms with Crippen LogP contribution in [-0.2, 0) is 0 Å². The topological polar surface area (TPSA) is 40.5 Å². The van der Waals surface area contributed by atoms with E-state index in [2.05, 4.69) is 15.9 Å². The Morgan fingerprint density at radius 2 is 1.41 bits per heavy atom. The van der Waals surface area contributed by atoms with Crippen molar-refractivity contribution in [2.75, 3.05) is 0 Å². The van der Waals surface area contributed by atoms with Crippen LogP contribution in [0.4, 0.5) is 8.78 Å². The van der Waals surface area contributed by atoms with Gasteiger partial charge in [-0.3, -0.25) is 0 Å². The van der Waals surface area contributed by atoms with E-state index in [0.29, 0.717) is 26.4 Å². The van der Waals surface area contributed by atoms with Crippen LogP contribution in [0.2, 0.25) is 0 Å². The first-order valence-electron chi connectivity index (χ1n) is 8.14. The highest BCUT2D eigenvalue weighted by Crippen LogP contribution is 2.42. The number of fused-ring (bicyclic) bond motifs is 1. The summed E-state index contributed by atoms with van der Waals surface area (Å²) in [4.78, 5) is 0. The third kappa shape index (κ3) is 3.04. The second kappa shape index (κ2) is 6.67. The molecule has 0 atom stereocenters. The summed E-state index contributed by atoms with van der Waals surface area (Å²) in [6, 6.07) is 16.9. The Balaban J connectivity index is 1.94. The number of rotatable bonds is 2. The molecule has 0 saturated heterocycles. The van der Waals surface area contributed by atoms with Gasteiger partial charge in [0.2, 0.25) is 0 Å². The van der Waals surface area contributed by atoms with E-state index < -0.39 is 11.6 Å². The van der Waals surface area contributed by atoms with Crippen LogP contribution in [0.3, 0.4) is 0 Å². The van der Waals surface area contributed by atoms with Crippen molar-refractivity contribution < 1.29 is 19.0 Å². The van der Waals surface area contributed by atoms with Gasteiger partial charge in [-0.2, -0.15) is 0 Å². The minimum Gasteiger partial charge on any atom is -0.507 e. The molecular weight excluding hydrogens is 414 g/mol. The minimum atomic E-state index is -0.472. The summed E-state index contributed by atoms with van der Waals surface area (Å²) in [5.74, 6) is -1.25. The fourth-order valence-corrected chi connectivity index (χ4v) is 3.52. The van der Waals surface area contributed by atoms with Gasteiger partial charge in [0.15, 0.2) is 0 Å². The first-order valence-corrected chi connectivity index (χ1v) is 8.94. The first-order chi connectivity index (χ1) is 13.0. The van der Waals surface area contributed by atoms with E-state index in [1.807, 2.05) is 0 Å². The van der Waals surface area contributed by atoms with Crippen molar-refractivity contribution >= 4 is 26.7 Å². The largest absolute Gasteiger partial charge is 0.507 e. The maximum absolute atomic E-state index is 14.2. The van der Waals surface area contributed by atoms with Crippen molar-refractivity contribution in [3.8, 4) is 33.8 Å². The molecule has 27 heavy (non-hydrogen) atoms. The number of hydrogen-bond acceptors (Lipinski definition) is 2. The molecule has 0 aliphatic rings. The van der Waals surface area contributed by atoms with Crippen LogP contribution in [0.1, 0.15) is 0 Å². The molecule has 4 aromatic carbocycles. The lowest BCUT2D eigenvalue weighted by atomic mass is 9.95. The Morgan fingerprint density at radius 3 is 2.19 bits per heavy atom. The first kappa shape index (κ1) is 17.5. The van der Waals surface area contributed by atoms with Crippen molar-refractivity contribution in [1.82, 2.24) is 0 Å². The van der Waals surface area contributed by atoms with Gasteiger partial charge < -0.3 is 10.2 Å². The van der Waals surface area contributed by atoms with Crippen LogP contribution in [0, 0.1) is 11.6 Å². The molecule has 5 heteroatoms. The fourth-order valence-electron chi connectivity index (χ4n) is 3.16. The summed E-state index contributed by atoms with van der Waals surface area (Å²) in [6.07, 6.45) is 0. The molecule has 0 spiro atoms. The summed E-state index contributed by atoms with van der Waals surface area (Å²) in [6.45, 7) is 0. The molecule has 134 valence electrons. The van der Waals surface area contributed by atoms with Crippen molar-refractivity contribution in [2.45, 2.75) is 0 Å². The van der Waals surface area contributed by atoms with Gasteiger partial charge >= 0.3 is 0 Å². The Kier molecular flexibility index (Phi) is 4.32. The Hall–Kier alpha value is -2.92. The molecule has 2 N–H and O–H groups in total. The zero-order valence-corrected chi connectivity index (χ0v) is 15.5.